The van der Waals surface area contributed by atoms with E-state index in [0.29, 0.717) is 42.1 Å². The van der Waals surface area contributed by atoms with Gasteiger partial charge in [0, 0.05) is 29.2 Å². The van der Waals surface area contributed by atoms with Crippen molar-refractivity contribution in [1.29, 1.82) is 0 Å². The molecule has 3 aromatic carbocycles. The second-order valence-corrected chi connectivity index (χ2v) is 9.54. The molecule has 1 aliphatic carbocycles. The minimum Gasteiger partial charge on any atom is -0.490 e. The first kappa shape index (κ1) is 25.5. The number of ether oxygens (including phenoxy) is 1. The molecule has 0 atom stereocenters. The first-order valence-corrected chi connectivity index (χ1v) is 12.4. The van der Waals surface area contributed by atoms with E-state index in [0.717, 1.165) is 34.9 Å². The lowest BCUT2D eigenvalue weighted by Crippen LogP contribution is -2.34. The zero-order valence-electron chi connectivity index (χ0n) is 20.1. The highest BCUT2D eigenvalue weighted by molar-refractivity contribution is 6.31. The van der Waals surface area contributed by atoms with Gasteiger partial charge in [-0.3, -0.25) is 14.4 Å². The van der Waals surface area contributed by atoms with Gasteiger partial charge in [0.1, 0.15) is 5.75 Å². The molecule has 2 amide bonds. The number of rotatable bonds is 8. The van der Waals surface area contributed by atoms with E-state index in [-0.39, 0.29) is 23.8 Å². The van der Waals surface area contributed by atoms with E-state index in [1.54, 1.807) is 24.3 Å². The quantitative estimate of drug-likeness (QED) is 0.372. The first-order valence-electron chi connectivity index (χ1n) is 12.1. The summed E-state index contributed by atoms with van der Waals surface area (Å²) in [6.07, 6.45) is 2.75. The van der Waals surface area contributed by atoms with Gasteiger partial charge in [0.05, 0.1) is 12.0 Å². The summed E-state index contributed by atoms with van der Waals surface area (Å²) in [7, 11) is 0. The van der Waals surface area contributed by atoms with E-state index in [2.05, 4.69) is 10.6 Å². The second kappa shape index (κ2) is 11.4. The fourth-order valence-corrected chi connectivity index (χ4v) is 4.52. The zero-order chi connectivity index (χ0) is 25.7. The third-order valence-corrected chi connectivity index (χ3v) is 6.94. The molecule has 0 radical (unpaired) electrons. The molecule has 188 valence electrons. The lowest BCUT2D eigenvalue weighted by atomic mass is 9.87. The van der Waals surface area contributed by atoms with Crippen LogP contribution >= 0.6 is 11.6 Å². The average molecular weight is 509 g/mol. The molecule has 7 nitrogen and oxygen atoms in total. The summed E-state index contributed by atoms with van der Waals surface area (Å²) in [5.74, 6) is -0.691. The van der Waals surface area contributed by atoms with Crippen LogP contribution in [0.15, 0.2) is 54.6 Å². The van der Waals surface area contributed by atoms with Gasteiger partial charge in [-0.2, -0.15) is 0 Å². The Morgan fingerprint density at radius 2 is 1.44 bits per heavy atom. The third-order valence-electron chi connectivity index (χ3n) is 6.52. The minimum atomic E-state index is -0.725. The van der Waals surface area contributed by atoms with Gasteiger partial charge >= 0.3 is 5.97 Å². The second-order valence-electron chi connectivity index (χ2n) is 9.13. The summed E-state index contributed by atoms with van der Waals surface area (Å²) in [4.78, 5) is 36.0. The maximum atomic E-state index is 12.6. The van der Waals surface area contributed by atoms with E-state index < -0.39 is 5.97 Å². The number of nitrogens with one attached hydrogen (secondary N) is 2. The Morgan fingerprint density at radius 1 is 0.861 bits per heavy atom. The Kier molecular flexibility index (Phi) is 8.10. The Hall–Kier alpha value is -3.58. The lowest BCUT2D eigenvalue weighted by Gasteiger charge is -2.26. The molecule has 1 aliphatic rings. The highest BCUT2D eigenvalue weighted by Crippen LogP contribution is 2.29. The minimum absolute atomic E-state index is 0.0207. The van der Waals surface area contributed by atoms with Gasteiger partial charge in [-0.25, -0.2) is 0 Å². The number of carbonyl (C=O) groups excluding carboxylic acids is 2. The molecule has 0 spiro atoms. The van der Waals surface area contributed by atoms with Gasteiger partial charge in [-0.1, -0.05) is 23.7 Å². The molecule has 0 heterocycles. The standard InChI is InChI=1S/C28H29ClN2O5/c1-17-14-21(7-11-25(17)29)26(32)30-12-13-31-27(33)22-3-2-20-16-24(10-6-19(20)15-22)36-23-8-4-18(5-9-23)28(34)35/h2-3,6-7,10-11,14-16,18,23H,4-5,8-9,12-13H2,1H3,(H,30,32)(H,31,33)(H,34,35)/t18-,23+. The monoisotopic (exact) mass is 508 g/mol. The Bertz CT molecular complexity index is 1280. The van der Waals surface area contributed by atoms with Gasteiger partial charge in [0.25, 0.3) is 11.8 Å². The number of aryl methyl sites for hydroxylation is 1. The van der Waals surface area contributed by atoms with Crippen LogP contribution in [0.2, 0.25) is 5.02 Å². The van der Waals surface area contributed by atoms with Crippen LogP contribution in [0.3, 0.4) is 0 Å². The molecule has 0 aliphatic heterocycles. The van der Waals surface area contributed by atoms with E-state index in [1.807, 2.05) is 37.3 Å². The number of carbonyl (C=O) groups is 3. The summed E-state index contributed by atoms with van der Waals surface area (Å²) < 4.78 is 6.08. The topological polar surface area (TPSA) is 105 Å². The van der Waals surface area contributed by atoms with Gasteiger partial charge in [-0.15, -0.1) is 0 Å². The molecule has 8 heteroatoms. The van der Waals surface area contributed by atoms with Gasteiger partial charge in [0.2, 0.25) is 0 Å². The van der Waals surface area contributed by atoms with Crippen molar-refractivity contribution in [3.05, 3.63) is 76.3 Å². The van der Waals surface area contributed by atoms with Gasteiger partial charge in [0.15, 0.2) is 0 Å². The van der Waals surface area contributed by atoms with Crippen molar-refractivity contribution < 1.29 is 24.2 Å². The van der Waals surface area contributed by atoms with Crippen molar-refractivity contribution in [3.8, 4) is 5.75 Å². The number of carboxylic acids is 1. The van der Waals surface area contributed by atoms with Crippen LogP contribution in [0.4, 0.5) is 0 Å². The first-order chi connectivity index (χ1) is 17.3. The molecule has 4 rings (SSSR count). The largest absolute Gasteiger partial charge is 0.490 e. The number of hydrogen-bond donors (Lipinski definition) is 3. The summed E-state index contributed by atoms with van der Waals surface area (Å²) in [6.45, 7) is 2.44. The SMILES string of the molecule is Cc1cc(C(=O)NCCNC(=O)c2ccc3cc(O[C@H]4CC[C@@H](C(=O)O)CC4)ccc3c2)ccc1Cl. The Morgan fingerprint density at radius 3 is 2.08 bits per heavy atom. The summed E-state index contributed by atoms with van der Waals surface area (Å²) in [5, 5.41) is 17.2. The molecule has 3 aromatic rings. The van der Waals surface area contributed by atoms with Crippen molar-refractivity contribution in [2.75, 3.05) is 13.1 Å². The predicted molar refractivity (Wildman–Crippen MR) is 139 cm³/mol. The number of aliphatic carboxylic acids is 1. The van der Waals surface area contributed by atoms with Crippen LogP contribution in [0.1, 0.15) is 52.0 Å². The predicted octanol–water partition coefficient (Wildman–Crippen LogP) is 4.98. The lowest BCUT2D eigenvalue weighted by molar-refractivity contribution is -0.143. The highest BCUT2D eigenvalue weighted by Gasteiger charge is 2.26. The fourth-order valence-electron chi connectivity index (χ4n) is 4.40. The zero-order valence-corrected chi connectivity index (χ0v) is 20.8. The van der Waals surface area contributed by atoms with Crippen molar-refractivity contribution in [2.45, 2.75) is 38.7 Å². The van der Waals surface area contributed by atoms with Crippen LogP contribution in [-0.4, -0.2) is 42.1 Å². The highest BCUT2D eigenvalue weighted by atomic mass is 35.5. The van der Waals surface area contributed by atoms with Crippen LogP contribution in [-0.2, 0) is 4.79 Å². The molecule has 1 fully saturated rings. The number of benzene rings is 3. The number of hydrogen-bond acceptors (Lipinski definition) is 4. The van der Waals surface area contributed by atoms with Crippen molar-refractivity contribution in [3.63, 3.8) is 0 Å². The molecular weight excluding hydrogens is 480 g/mol. The summed E-state index contributed by atoms with van der Waals surface area (Å²) in [5.41, 5.74) is 1.88. The molecule has 0 bridgehead atoms. The molecular formula is C28H29ClN2O5. The third kappa shape index (κ3) is 6.34. The molecule has 0 aromatic heterocycles. The smallest absolute Gasteiger partial charge is 0.306 e. The number of halogens is 1. The summed E-state index contributed by atoms with van der Waals surface area (Å²) in [6, 6.07) is 16.3. The van der Waals surface area contributed by atoms with Gasteiger partial charge < -0.3 is 20.5 Å². The van der Waals surface area contributed by atoms with E-state index >= 15 is 0 Å². The van der Waals surface area contributed by atoms with Gasteiger partial charge in [-0.05, 0) is 91.4 Å². The molecule has 0 unspecified atom stereocenters. The van der Waals surface area contributed by atoms with Crippen LogP contribution in [0, 0.1) is 12.8 Å². The molecule has 3 N–H and O–H groups in total. The molecule has 0 saturated heterocycles. The Labute approximate surface area is 214 Å². The average Bonchev–Trinajstić information content (AvgIpc) is 2.88. The van der Waals surface area contributed by atoms with Crippen molar-refractivity contribution in [1.82, 2.24) is 10.6 Å². The number of amides is 2. The van der Waals surface area contributed by atoms with Crippen molar-refractivity contribution in [2.24, 2.45) is 5.92 Å². The maximum Gasteiger partial charge on any atom is 0.306 e. The van der Waals surface area contributed by atoms with E-state index in [4.69, 9.17) is 21.4 Å². The van der Waals surface area contributed by atoms with Crippen LogP contribution in [0.25, 0.3) is 10.8 Å². The molecule has 1 saturated carbocycles. The van der Waals surface area contributed by atoms with Crippen LogP contribution in [0.5, 0.6) is 5.75 Å². The van der Waals surface area contributed by atoms with Crippen LogP contribution < -0.4 is 15.4 Å². The maximum absolute atomic E-state index is 12.6. The number of fused-ring (bicyclic) bond motifs is 1. The van der Waals surface area contributed by atoms with E-state index in [1.165, 1.54) is 0 Å². The normalized spacial score (nSPS) is 17.4. The Balaban J connectivity index is 1.27. The number of carboxylic acid groups (broad SMARTS) is 1. The van der Waals surface area contributed by atoms with Crippen molar-refractivity contribution >= 4 is 40.2 Å². The molecule has 36 heavy (non-hydrogen) atoms. The fraction of sp³-hybridized carbons (Fsp3) is 0.321. The van der Waals surface area contributed by atoms with E-state index in [9.17, 15) is 14.4 Å². The summed E-state index contributed by atoms with van der Waals surface area (Å²) >= 11 is 6.00.